The molecule has 3 aliphatic heterocycles. The van der Waals surface area contributed by atoms with Crippen molar-refractivity contribution in [2.24, 2.45) is 28.7 Å². The van der Waals surface area contributed by atoms with Gasteiger partial charge in [-0.3, -0.25) is 4.79 Å². The number of amides is 1. The van der Waals surface area contributed by atoms with E-state index in [9.17, 15) is 39.8 Å². The Morgan fingerprint density at radius 2 is 1.51 bits per heavy atom. The minimum absolute atomic E-state index is 0.127. The number of hydrogen-bond donors (Lipinski definition) is 13. The van der Waals surface area contributed by atoms with Gasteiger partial charge in [0, 0.05) is 25.7 Å². The monoisotopic (exact) mass is 715 g/mol. The summed E-state index contributed by atoms with van der Waals surface area (Å²) >= 11 is 0. The molecule has 0 aromatic heterocycles. The molecule has 0 bridgehead atoms. The summed E-state index contributed by atoms with van der Waals surface area (Å²) in [4.78, 5) is 12.6. The van der Waals surface area contributed by atoms with Gasteiger partial charge in [0.05, 0.1) is 30.8 Å². The van der Waals surface area contributed by atoms with Crippen LogP contribution in [0.4, 0.5) is 4.39 Å². The first-order valence-electron chi connectivity index (χ1n) is 16.5. The van der Waals surface area contributed by atoms with Crippen molar-refractivity contribution in [3.63, 3.8) is 0 Å². The van der Waals surface area contributed by atoms with Crippen molar-refractivity contribution in [1.82, 2.24) is 10.6 Å². The highest BCUT2D eigenvalue weighted by atomic mass is 19.1. The van der Waals surface area contributed by atoms with E-state index in [4.69, 9.17) is 57.1 Å². The van der Waals surface area contributed by atoms with Gasteiger partial charge in [-0.1, -0.05) is 0 Å². The van der Waals surface area contributed by atoms with E-state index in [0.717, 1.165) is 0 Å². The van der Waals surface area contributed by atoms with Crippen molar-refractivity contribution in [2.75, 3.05) is 33.3 Å². The molecule has 1 aliphatic carbocycles. The normalized spacial score (nSPS) is 45.9. The first-order valence-corrected chi connectivity index (χ1v) is 16.5. The summed E-state index contributed by atoms with van der Waals surface area (Å²) in [7, 11) is 1.76. The number of nitrogens with two attached hydrogens (primary N) is 5. The zero-order chi connectivity index (χ0) is 36.2. The molecule has 3 saturated heterocycles. The van der Waals surface area contributed by atoms with E-state index in [2.05, 4.69) is 10.6 Å². The van der Waals surface area contributed by atoms with Crippen molar-refractivity contribution in [3.05, 3.63) is 0 Å². The molecule has 1 amide bonds. The molecule has 0 radical (unpaired) electrons. The molecule has 3 heterocycles. The highest BCUT2D eigenvalue weighted by Crippen LogP contribution is 2.34. The van der Waals surface area contributed by atoms with Crippen LogP contribution in [0.1, 0.15) is 19.3 Å². The predicted molar refractivity (Wildman–Crippen MR) is 164 cm³/mol. The Labute approximate surface area is 282 Å². The number of nitrogens with one attached hydrogen (secondary N) is 2. The summed E-state index contributed by atoms with van der Waals surface area (Å²) in [5.41, 5.74) is 29.7. The van der Waals surface area contributed by atoms with E-state index < -0.39 is 129 Å². The predicted octanol–water partition coefficient (Wildman–Crippen LogP) is -7.76. The van der Waals surface area contributed by atoms with Crippen molar-refractivity contribution in [1.29, 1.82) is 0 Å². The number of alkyl halides is 1. The summed E-state index contributed by atoms with van der Waals surface area (Å²) in [6.07, 6.45) is -20.0. The standard InChI is InChI=1S/C28H54FN7O13/c1-35-7-9-2-3-11(32)26(44-9)47-22-12(33)4-13(36-25(43)17(38)10(29)5-30)18(39)24(22)49-28-21(42)23(15(8-37)46-28)48-27-16(34)20(41)19(40)14(6-31)45-27/h9-24,26-28,35,37-42H,2-8,30-34H2,1H3,(H,36,43)/t9-,10-,11+,12-,13+,14-,15+,16+,17?,18-,19+,20+,21+,22+,23+,24+,26+,27+,28-/m0/s1. The Balaban J connectivity index is 1.55. The summed E-state index contributed by atoms with van der Waals surface area (Å²) in [5, 5.41) is 69.0. The van der Waals surface area contributed by atoms with Crippen LogP contribution in [-0.4, -0.2) is 186 Å². The lowest BCUT2D eigenvalue weighted by Gasteiger charge is -2.46. The van der Waals surface area contributed by atoms with Crippen molar-refractivity contribution >= 4 is 5.91 Å². The SMILES string of the molecule is CNC[C@@H]1CC[C@@H](N)[C@@H](O[C@H]2[C@H](O[C@@H]3O[C@H](CO)[C@@H](O[C@H]4O[C@@H](CN)[C@@H](O)[C@H](O)[C@H]4N)[C@H]3O)[C@@H](O)[C@H](NC(=O)C(O)[C@@H](F)CN)C[C@@H]2N)O1. The third-order valence-electron chi connectivity index (χ3n) is 9.44. The van der Waals surface area contributed by atoms with E-state index in [1.807, 2.05) is 0 Å². The zero-order valence-corrected chi connectivity index (χ0v) is 27.2. The van der Waals surface area contributed by atoms with Crippen LogP contribution in [0.2, 0.25) is 0 Å². The van der Waals surface area contributed by atoms with Crippen LogP contribution in [-0.2, 0) is 33.2 Å². The average molecular weight is 716 g/mol. The number of aliphatic hydroxyl groups is 6. The largest absolute Gasteiger partial charge is 0.394 e. The lowest BCUT2D eigenvalue weighted by Crippen LogP contribution is -2.67. The number of rotatable bonds is 14. The fraction of sp³-hybridized carbons (Fsp3) is 0.964. The molecule has 0 aromatic rings. The first-order chi connectivity index (χ1) is 23.3. The fourth-order valence-electron chi connectivity index (χ4n) is 6.53. The minimum atomic E-state index is -2.13. The molecule has 286 valence electrons. The van der Waals surface area contributed by atoms with Gasteiger partial charge < -0.3 is 98.4 Å². The Bertz CT molecular complexity index is 1050. The average Bonchev–Trinajstić information content (AvgIpc) is 3.38. The zero-order valence-electron chi connectivity index (χ0n) is 27.2. The maximum Gasteiger partial charge on any atom is 0.252 e. The molecule has 4 fully saturated rings. The Hall–Kier alpha value is -1.32. The Morgan fingerprint density at radius 1 is 0.857 bits per heavy atom. The van der Waals surface area contributed by atoms with Gasteiger partial charge in [0.25, 0.3) is 5.91 Å². The molecule has 19 atom stereocenters. The van der Waals surface area contributed by atoms with E-state index in [0.29, 0.717) is 19.4 Å². The first kappa shape index (κ1) is 40.5. The van der Waals surface area contributed by atoms with Gasteiger partial charge in [-0.05, 0) is 26.3 Å². The van der Waals surface area contributed by atoms with Crippen LogP contribution < -0.4 is 39.3 Å². The van der Waals surface area contributed by atoms with Crippen LogP contribution in [0.5, 0.6) is 0 Å². The highest BCUT2D eigenvalue weighted by molar-refractivity contribution is 5.81. The second-order valence-corrected chi connectivity index (χ2v) is 13.0. The van der Waals surface area contributed by atoms with Crippen LogP contribution >= 0.6 is 0 Å². The maximum absolute atomic E-state index is 14.0. The molecule has 4 rings (SSSR count). The smallest absolute Gasteiger partial charge is 0.252 e. The van der Waals surface area contributed by atoms with Crippen molar-refractivity contribution in [2.45, 2.75) is 136 Å². The second kappa shape index (κ2) is 17.9. The van der Waals surface area contributed by atoms with Gasteiger partial charge in [0.1, 0.15) is 61.1 Å². The third kappa shape index (κ3) is 9.19. The molecular formula is C28H54FN7O13. The molecule has 0 aromatic carbocycles. The summed E-state index contributed by atoms with van der Waals surface area (Å²) in [6.45, 7) is -1.01. The van der Waals surface area contributed by atoms with Crippen LogP contribution in [0.15, 0.2) is 0 Å². The molecule has 1 saturated carbocycles. The van der Waals surface area contributed by atoms with Crippen LogP contribution in [0.3, 0.4) is 0 Å². The molecule has 4 aliphatic rings. The molecule has 1 unspecified atom stereocenters. The number of halogens is 1. The number of aliphatic hydroxyl groups excluding tert-OH is 6. The van der Waals surface area contributed by atoms with E-state index >= 15 is 0 Å². The quantitative estimate of drug-likeness (QED) is 0.0794. The van der Waals surface area contributed by atoms with Gasteiger partial charge in [-0.15, -0.1) is 0 Å². The molecular weight excluding hydrogens is 661 g/mol. The Kier molecular flexibility index (Phi) is 14.8. The van der Waals surface area contributed by atoms with Crippen LogP contribution in [0.25, 0.3) is 0 Å². The summed E-state index contributed by atoms with van der Waals surface area (Å²) < 4.78 is 49.6. The third-order valence-corrected chi connectivity index (χ3v) is 9.44. The number of likely N-dealkylation sites (N-methyl/N-ethyl adjacent to an activating group) is 1. The number of carbonyl (C=O) groups excluding carboxylic acids is 1. The van der Waals surface area contributed by atoms with Gasteiger partial charge in [-0.25, -0.2) is 4.39 Å². The summed E-state index contributed by atoms with van der Waals surface area (Å²) in [6, 6.07) is -4.06. The van der Waals surface area contributed by atoms with Gasteiger partial charge in [0.2, 0.25) is 0 Å². The molecule has 21 heteroatoms. The molecule has 49 heavy (non-hydrogen) atoms. The minimum Gasteiger partial charge on any atom is -0.394 e. The van der Waals surface area contributed by atoms with Gasteiger partial charge in [0.15, 0.2) is 25.0 Å². The topological polar surface area (TPSA) is 348 Å². The summed E-state index contributed by atoms with van der Waals surface area (Å²) in [5.74, 6) is -1.15. The number of carbonyl (C=O) groups is 1. The van der Waals surface area contributed by atoms with Crippen LogP contribution in [0, 0.1) is 0 Å². The number of ether oxygens (including phenoxy) is 6. The molecule has 18 N–H and O–H groups in total. The number of hydrogen-bond acceptors (Lipinski definition) is 19. The highest BCUT2D eigenvalue weighted by Gasteiger charge is 2.54. The molecule has 20 nitrogen and oxygen atoms in total. The molecule has 0 spiro atoms. The van der Waals surface area contributed by atoms with Gasteiger partial charge in [-0.2, -0.15) is 0 Å². The van der Waals surface area contributed by atoms with Crippen molar-refractivity contribution in [3.8, 4) is 0 Å². The lowest BCUT2D eigenvalue weighted by atomic mass is 9.83. The lowest BCUT2D eigenvalue weighted by molar-refractivity contribution is -0.289. The van der Waals surface area contributed by atoms with Crippen molar-refractivity contribution < 1.29 is 68.2 Å². The Morgan fingerprint density at radius 3 is 2.14 bits per heavy atom. The fourth-order valence-corrected chi connectivity index (χ4v) is 6.53. The van der Waals surface area contributed by atoms with Gasteiger partial charge >= 0.3 is 0 Å². The van der Waals surface area contributed by atoms with E-state index in [1.165, 1.54) is 0 Å². The van der Waals surface area contributed by atoms with E-state index in [-0.39, 0.29) is 19.1 Å². The second-order valence-electron chi connectivity index (χ2n) is 13.0. The maximum atomic E-state index is 14.0. The van der Waals surface area contributed by atoms with E-state index in [1.54, 1.807) is 7.05 Å².